The Labute approximate surface area is 156 Å². The molecule has 0 saturated carbocycles. The first-order valence-corrected chi connectivity index (χ1v) is 9.71. The van der Waals surface area contributed by atoms with Crippen molar-refractivity contribution in [2.75, 3.05) is 26.2 Å². The SMILES string of the molecule is Cc1onc(-c2ccccc2)c1C(=O)N1CCN(Cc2ccsc2)CC1. The van der Waals surface area contributed by atoms with E-state index in [-0.39, 0.29) is 5.91 Å². The third-order valence-corrected chi connectivity index (χ3v) is 5.50. The van der Waals surface area contributed by atoms with Gasteiger partial charge in [-0.25, -0.2) is 0 Å². The Morgan fingerprint density at radius 1 is 1.15 bits per heavy atom. The number of rotatable bonds is 4. The number of aryl methyl sites for hydroxylation is 1. The van der Waals surface area contributed by atoms with Gasteiger partial charge >= 0.3 is 0 Å². The van der Waals surface area contributed by atoms with Crippen LogP contribution >= 0.6 is 11.3 Å². The van der Waals surface area contributed by atoms with Crippen LogP contribution in [0.5, 0.6) is 0 Å². The number of hydrogen-bond acceptors (Lipinski definition) is 5. The Kier molecular flexibility index (Phi) is 4.86. The van der Waals surface area contributed by atoms with Gasteiger partial charge in [-0.05, 0) is 29.3 Å². The maximum absolute atomic E-state index is 13.1. The van der Waals surface area contributed by atoms with E-state index < -0.39 is 0 Å². The van der Waals surface area contributed by atoms with Crippen molar-refractivity contribution in [1.82, 2.24) is 15.0 Å². The summed E-state index contributed by atoms with van der Waals surface area (Å²) in [5.74, 6) is 0.590. The molecule has 0 radical (unpaired) electrons. The summed E-state index contributed by atoms with van der Waals surface area (Å²) >= 11 is 1.72. The normalized spacial score (nSPS) is 15.3. The van der Waals surface area contributed by atoms with Gasteiger partial charge in [-0.3, -0.25) is 9.69 Å². The van der Waals surface area contributed by atoms with E-state index in [0.29, 0.717) is 17.0 Å². The fourth-order valence-corrected chi connectivity index (χ4v) is 3.98. The van der Waals surface area contributed by atoms with Crippen LogP contribution in [0.3, 0.4) is 0 Å². The zero-order chi connectivity index (χ0) is 17.9. The molecule has 3 heterocycles. The summed E-state index contributed by atoms with van der Waals surface area (Å²) in [4.78, 5) is 17.4. The number of carbonyl (C=O) groups excluding carboxylic acids is 1. The van der Waals surface area contributed by atoms with E-state index in [0.717, 1.165) is 38.3 Å². The average Bonchev–Trinajstić information content (AvgIpc) is 3.32. The average molecular weight is 367 g/mol. The summed E-state index contributed by atoms with van der Waals surface area (Å²) in [5.41, 5.74) is 3.47. The van der Waals surface area contributed by atoms with Crippen molar-refractivity contribution >= 4 is 17.2 Å². The molecule has 1 fully saturated rings. The maximum Gasteiger partial charge on any atom is 0.259 e. The van der Waals surface area contributed by atoms with Crippen LogP contribution in [-0.4, -0.2) is 47.0 Å². The van der Waals surface area contributed by atoms with Gasteiger partial charge in [0, 0.05) is 38.3 Å². The molecule has 0 unspecified atom stereocenters. The van der Waals surface area contributed by atoms with Gasteiger partial charge in [0.15, 0.2) is 0 Å². The Bertz CT molecular complexity index is 866. The lowest BCUT2D eigenvalue weighted by Crippen LogP contribution is -2.48. The smallest absolute Gasteiger partial charge is 0.259 e. The van der Waals surface area contributed by atoms with E-state index in [2.05, 4.69) is 26.9 Å². The standard InChI is InChI=1S/C20H21N3O2S/c1-15-18(19(21-25-15)17-5-3-2-4-6-17)20(24)23-10-8-22(9-11-23)13-16-7-12-26-14-16/h2-7,12,14H,8-11,13H2,1H3. The third-order valence-electron chi connectivity index (χ3n) is 4.77. The fraction of sp³-hybridized carbons (Fsp3) is 0.300. The Hall–Kier alpha value is -2.44. The number of piperazine rings is 1. The highest BCUT2D eigenvalue weighted by atomic mass is 32.1. The molecule has 26 heavy (non-hydrogen) atoms. The lowest BCUT2D eigenvalue weighted by molar-refractivity contribution is 0.0627. The van der Waals surface area contributed by atoms with Gasteiger partial charge in [-0.15, -0.1) is 0 Å². The first-order valence-electron chi connectivity index (χ1n) is 8.77. The number of thiophene rings is 1. The Morgan fingerprint density at radius 2 is 1.92 bits per heavy atom. The molecule has 0 aliphatic carbocycles. The molecule has 1 aromatic carbocycles. The van der Waals surface area contributed by atoms with Crippen LogP contribution in [0.25, 0.3) is 11.3 Å². The largest absolute Gasteiger partial charge is 0.360 e. The summed E-state index contributed by atoms with van der Waals surface area (Å²) in [6.07, 6.45) is 0. The first kappa shape index (κ1) is 17.0. The number of nitrogens with zero attached hydrogens (tertiary/aromatic N) is 3. The number of aromatic nitrogens is 1. The molecule has 5 nitrogen and oxygen atoms in total. The van der Waals surface area contributed by atoms with Crippen molar-refractivity contribution in [1.29, 1.82) is 0 Å². The minimum absolute atomic E-state index is 0.0118. The van der Waals surface area contributed by atoms with Crippen LogP contribution in [0.2, 0.25) is 0 Å². The van der Waals surface area contributed by atoms with Crippen LogP contribution in [0.15, 0.2) is 51.7 Å². The predicted molar refractivity (Wildman–Crippen MR) is 102 cm³/mol. The number of amides is 1. The molecule has 1 saturated heterocycles. The summed E-state index contributed by atoms with van der Waals surface area (Å²) < 4.78 is 5.35. The van der Waals surface area contributed by atoms with Crippen molar-refractivity contribution < 1.29 is 9.32 Å². The van der Waals surface area contributed by atoms with Crippen molar-refractivity contribution in [3.8, 4) is 11.3 Å². The monoisotopic (exact) mass is 367 g/mol. The lowest BCUT2D eigenvalue weighted by Gasteiger charge is -2.34. The lowest BCUT2D eigenvalue weighted by atomic mass is 10.0. The number of carbonyl (C=O) groups is 1. The summed E-state index contributed by atoms with van der Waals surface area (Å²) in [6, 6.07) is 11.9. The zero-order valence-corrected chi connectivity index (χ0v) is 15.5. The van der Waals surface area contributed by atoms with Crippen LogP contribution in [0.1, 0.15) is 21.7 Å². The van der Waals surface area contributed by atoms with Gasteiger partial charge in [0.2, 0.25) is 0 Å². The summed E-state index contributed by atoms with van der Waals surface area (Å²) in [6.45, 7) is 5.97. The van der Waals surface area contributed by atoms with Gasteiger partial charge in [0.1, 0.15) is 17.0 Å². The highest BCUT2D eigenvalue weighted by molar-refractivity contribution is 7.07. The minimum atomic E-state index is 0.0118. The topological polar surface area (TPSA) is 49.6 Å². The molecule has 3 aromatic rings. The van der Waals surface area contributed by atoms with E-state index >= 15 is 0 Å². The second kappa shape index (κ2) is 7.43. The molecule has 1 aliphatic rings. The molecule has 1 aliphatic heterocycles. The summed E-state index contributed by atoms with van der Waals surface area (Å²) in [7, 11) is 0. The number of benzene rings is 1. The molecule has 134 valence electrons. The molecule has 6 heteroatoms. The Balaban J connectivity index is 1.47. The van der Waals surface area contributed by atoms with E-state index in [1.165, 1.54) is 5.56 Å². The van der Waals surface area contributed by atoms with E-state index in [9.17, 15) is 4.79 Å². The predicted octanol–water partition coefficient (Wildman–Crippen LogP) is 3.67. The molecule has 0 bridgehead atoms. The van der Waals surface area contributed by atoms with Crippen molar-refractivity contribution in [2.24, 2.45) is 0 Å². The quantitative estimate of drug-likeness (QED) is 0.706. The first-order chi connectivity index (χ1) is 12.7. The van der Waals surface area contributed by atoms with Crippen molar-refractivity contribution in [3.05, 3.63) is 64.0 Å². The number of hydrogen-bond donors (Lipinski definition) is 0. The molecule has 0 atom stereocenters. The molecule has 0 spiro atoms. The second-order valence-corrected chi connectivity index (χ2v) is 7.31. The molecule has 1 amide bonds. The molecular weight excluding hydrogens is 346 g/mol. The van der Waals surface area contributed by atoms with E-state index in [1.807, 2.05) is 35.2 Å². The van der Waals surface area contributed by atoms with Crippen LogP contribution in [0, 0.1) is 6.92 Å². The molecular formula is C20H21N3O2S. The van der Waals surface area contributed by atoms with Crippen LogP contribution < -0.4 is 0 Å². The highest BCUT2D eigenvalue weighted by Gasteiger charge is 2.28. The van der Waals surface area contributed by atoms with Crippen LogP contribution in [-0.2, 0) is 6.54 Å². The van der Waals surface area contributed by atoms with Gasteiger partial charge in [-0.2, -0.15) is 11.3 Å². The van der Waals surface area contributed by atoms with Gasteiger partial charge < -0.3 is 9.42 Å². The molecule has 0 N–H and O–H groups in total. The van der Waals surface area contributed by atoms with Gasteiger partial charge in [0.25, 0.3) is 5.91 Å². The molecule has 4 rings (SSSR count). The summed E-state index contributed by atoms with van der Waals surface area (Å²) in [5, 5.41) is 8.43. The minimum Gasteiger partial charge on any atom is -0.360 e. The maximum atomic E-state index is 13.1. The van der Waals surface area contributed by atoms with Gasteiger partial charge in [0.05, 0.1) is 0 Å². The van der Waals surface area contributed by atoms with Crippen LogP contribution in [0.4, 0.5) is 0 Å². The van der Waals surface area contributed by atoms with Crippen molar-refractivity contribution in [3.63, 3.8) is 0 Å². The third kappa shape index (κ3) is 3.43. The van der Waals surface area contributed by atoms with E-state index in [4.69, 9.17) is 4.52 Å². The zero-order valence-electron chi connectivity index (χ0n) is 14.7. The fourth-order valence-electron chi connectivity index (χ4n) is 3.33. The second-order valence-electron chi connectivity index (χ2n) is 6.53. The van der Waals surface area contributed by atoms with Crippen molar-refractivity contribution in [2.45, 2.75) is 13.5 Å². The van der Waals surface area contributed by atoms with E-state index in [1.54, 1.807) is 18.3 Å². The molecule has 2 aromatic heterocycles. The highest BCUT2D eigenvalue weighted by Crippen LogP contribution is 2.26. The Morgan fingerprint density at radius 3 is 2.62 bits per heavy atom. The van der Waals surface area contributed by atoms with Gasteiger partial charge in [-0.1, -0.05) is 35.5 Å².